The number of hydrogen-bond acceptors (Lipinski definition) is 5. The van der Waals surface area contributed by atoms with Gasteiger partial charge in [0, 0.05) is 18.0 Å². The van der Waals surface area contributed by atoms with Gasteiger partial charge in [0.15, 0.2) is 6.61 Å². The normalized spacial score (nSPS) is 11.4. The van der Waals surface area contributed by atoms with Gasteiger partial charge in [-0.05, 0) is 35.2 Å². The standard InChI is InChI=1S/C18H19N3O2/c1-18(2,3)14-6-8-15(9-7-14)22-12-16-20-17(21-23-16)13-5-4-10-19-11-13/h4-11H,12H2,1-3H3. The summed E-state index contributed by atoms with van der Waals surface area (Å²) in [5, 5.41) is 3.94. The zero-order chi connectivity index (χ0) is 16.3. The van der Waals surface area contributed by atoms with Crippen LogP contribution in [0.4, 0.5) is 0 Å². The van der Waals surface area contributed by atoms with Gasteiger partial charge in [0.1, 0.15) is 5.75 Å². The molecule has 0 unspecified atom stereocenters. The molecule has 0 spiro atoms. The first-order chi connectivity index (χ1) is 11.0. The SMILES string of the molecule is CC(C)(C)c1ccc(OCc2nc(-c3cccnc3)no2)cc1. The molecule has 118 valence electrons. The van der Waals surface area contributed by atoms with Gasteiger partial charge in [-0.3, -0.25) is 4.98 Å². The van der Waals surface area contributed by atoms with Crippen molar-refractivity contribution in [1.29, 1.82) is 0 Å². The molecule has 23 heavy (non-hydrogen) atoms. The number of pyridine rings is 1. The maximum atomic E-state index is 5.70. The summed E-state index contributed by atoms with van der Waals surface area (Å²) in [5.41, 5.74) is 2.21. The Kier molecular flexibility index (Phi) is 4.10. The summed E-state index contributed by atoms with van der Waals surface area (Å²) in [7, 11) is 0. The van der Waals surface area contributed by atoms with Crippen LogP contribution in [0.2, 0.25) is 0 Å². The summed E-state index contributed by atoms with van der Waals surface area (Å²) < 4.78 is 10.9. The number of ether oxygens (including phenoxy) is 1. The van der Waals surface area contributed by atoms with Crippen LogP contribution in [0.1, 0.15) is 32.2 Å². The van der Waals surface area contributed by atoms with Crippen LogP contribution in [0.25, 0.3) is 11.4 Å². The van der Waals surface area contributed by atoms with Crippen molar-refractivity contribution in [2.75, 3.05) is 0 Å². The van der Waals surface area contributed by atoms with Crippen LogP contribution in [0.3, 0.4) is 0 Å². The number of benzene rings is 1. The van der Waals surface area contributed by atoms with Crippen LogP contribution in [0.5, 0.6) is 5.75 Å². The van der Waals surface area contributed by atoms with Gasteiger partial charge in [0.2, 0.25) is 5.82 Å². The van der Waals surface area contributed by atoms with Crippen LogP contribution < -0.4 is 4.74 Å². The first kappa shape index (κ1) is 15.2. The molecule has 5 nitrogen and oxygen atoms in total. The van der Waals surface area contributed by atoms with Crippen molar-refractivity contribution in [2.45, 2.75) is 32.8 Å². The molecule has 2 aromatic heterocycles. The van der Waals surface area contributed by atoms with Crippen molar-refractivity contribution in [3.05, 3.63) is 60.2 Å². The van der Waals surface area contributed by atoms with E-state index in [-0.39, 0.29) is 12.0 Å². The fraction of sp³-hybridized carbons (Fsp3) is 0.278. The first-order valence-electron chi connectivity index (χ1n) is 7.49. The fourth-order valence-electron chi connectivity index (χ4n) is 2.12. The lowest BCUT2D eigenvalue weighted by molar-refractivity contribution is 0.243. The molecule has 0 aliphatic rings. The Labute approximate surface area is 135 Å². The second kappa shape index (κ2) is 6.20. The third-order valence-electron chi connectivity index (χ3n) is 3.47. The summed E-state index contributed by atoms with van der Waals surface area (Å²) in [6, 6.07) is 11.8. The second-order valence-electron chi connectivity index (χ2n) is 6.32. The molecule has 3 aromatic rings. The van der Waals surface area contributed by atoms with Crippen molar-refractivity contribution in [2.24, 2.45) is 0 Å². The van der Waals surface area contributed by atoms with E-state index in [0.717, 1.165) is 11.3 Å². The van der Waals surface area contributed by atoms with Gasteiger partial charge in [0.05, 0.1) is 0 Å². The van der Waals surface area contributed by atoms with Crippen molar-refractivity contribution >= 4 is 0 Å². The van der Waals surface area contributed by atoms with E-state index >= 15 is 0 Å². The van der Waals surface area contributed by atoms with Gasteiger partial charge >= 0.3 is 0 Å². The summed E-state index contributed by atoms with van der Waals surface area (Å²) in [4.78, 5) is 8.35. The summed E-state index contributed by atoms with van der Waals surface area (Å²) in [6.07, 6.45) is 3.40. The lowest BCUT2D eigenvalue weighted by Gasteiger charge is -2.19. The fourth-order valence-corrected chi connectivity index (χ4v) is 2.12. The minimum atomic E-state index is 0.129. The number of rotatable bonds is 4. The molecular weight excluding hydrogens is 290 g/mol. The van der Waals surface area contributed by atoms with Crippen LogP contribution >= 0.6 is 0 Å². The van der Waals surface area contributed by atoms with Gasteiger partial charge in [-0.2, -0.15) is 4.98 Å². The van der Waals surface area contributed by atoms with E-state index < -0.39 is 0 Å². The molecule has 3 rings (SSSR count). The summed E-state index contributed by atoms with van der Waals surface area (Å²) in [6.45, 7) is 6.78. The van der Waals surface area contributed by atoms with Crippen LogP contribution in [0.15, 0.2) is 53.3 Å². The highest BCUT2D eigenvalue weighted by Crippen LogP contribution is 2.24. The molecule has 1 aromatic carbocycles. The molecule has 0 aliphatic carbocycles. The molecular formula is C18H19N3O2. The van der Waals surface area contributed by atoms with Crippen molar-refractivity contribution < 1.29 is 9.26 Å². The van der Waals surface area contributed by atoms with E-state index in [1.54, 1.807) is 12.4 Å². The van der Waals surface area contributed by atoms with E-state index in [9.17, 15) is 0 Å². The number of nitrogens with zero attached hydrogens (tertiary/aromatic N) is 3. The van der Waals surface area contributed by atoms with E-state index in [1.807, 2.05) is 24.3 Å². The lowest BCUT2D eigenvalue weighted by Crippen LogP contribution is -2.10. The third kappa shape index (κ3) is 3.74. The predicted octanol–water partition coefficient (Wildman–Crippen LogP) is 4.01. The molecule has 0 bridgehead atoms. The van der Waals surface area contributed by atoms with Gasteiger partial charge in [-0.1, -0.05) is 38.1 Å². The van der Waals surface area contributed by atoms with E-state index in [2.05, 4.69) is 48.0 Å². The minimum Gasteiger partial charge on any atom is -0.484 e. The molecule has 0 fully saturated rings. The maximum Gasteiger partial charge on any atom is 0.264 e. The minimum absolute atomic E-state index is 0.129. The quantitative estimate of drug-likeness (QED) is 0.728. The van der Waals surface area contributed by atoms with Crippen LogP contribution in [-0.4, -0.2) is 15.1 Å². The van der Waals surface area contributed by atoms with Crippen molar-refractivity contribution in [3.63, 3.8) is 0 Å². The Balaban J connectivity index is 1.64. The highest BCUT2D eigenvalue weighted by atomic mass is 16.5. The maximum absolute atomic E-state index is 5.70. The van der Waals surface area contributed by atoms with Crippen LogP contribution in [-0.2, 0) is 12.0 Å². The highest BCUT2D eigenvalue weighted by Gasteiger charge is 2.13. The highest BCUT2D eigenvalue weighted by molar-refractivity contribution is 5.51. The summed E-state index contributed by atoms with van der Waals surface area (Å²) in [5.74, 6) is 1.72. The Hall–Kier alpha value is -2.69. The number of hydrogen-bond donors (Lipinski definition) is 0. The zero-order valence-electron chi connectivity index (χ0n) is 13.5. The third-order valence-corrected chi connectivity index (χ3v) is 3.47. The molecule has 0 saturated heterocycles. The molecule has 0 radical (unpaired) electrons. The molecule has 0 aliphatic heterocycles. The molecule has 0 N–H and O–H groups in total. The van der Waals surface area contributed by atoms with Gasteiger partial charge in [-0.15, -0.1) is 0 Å². The van der Waals surface area contributed by atoms with E-state index in [4.69, 9.17) is 9.26 Å². The Morgan fingerprint density at radius 2 is 1.87 bits per heavy atom. The smallest absolute Gasteiger partial charge is 0.264 e. The molecule has 2 heterocycles. The zero-order valence-corrected chi connectivity index (χ0v) is 13.5. The van der Waals surface area contributed by atoms with Gasteiger partial charge < -0.3 is 9.26 Å². The van der Waals surface area contributed by atoms with Gasteiger partial charge in [0.25, 0.3) is 5.89 Å². The molecule has 0 saturated carbocycles. The Morgan fingerprint density at radius 3 is 2.52 bits per heavy atom. The lowest BCUT2D eigenvalue weighted by atomic mass is 9.87. The molecule has 0 amide bonds. The largest absolute Gasteiger partial charge is 0.484 e. The van der Waals surface area contributed by atoms with Crippen molar-refractivity contribution in [1.82, 2.24) is 15.1 Å². The molecule has 5 heteroatoms. The van der Waals surface area contributed by atoms with E-state index in [0.29, 0.717) is 11.7 Å². The Bertz CT molecular complexity index is 759. The predicted molar refractivity (Wildman–Crippen MR) is 87.0 cm³/mol. The average Bonchev–Trinajstić information content (AvgIpc) is 3.02. The molecule has 0 atom stereocenters. The Morgan fingerprint density at radius 1 is 1.09 bits per heavy atom. The topological polar surface area (TPSA) is 61.0 Å². The average molecular weight is 309 g/mol. The van der Waals surface area contributed by atoms with Gasteiger partial charge in [-0.25, -0.2) is 0 Å². The summed E-state index contributed by atoms with van der Waals surface area (Å²) >= 11 is 0. The van der Waals surface area contributed by atoms with E-state index in [1.165, 1.54) is 5.56 Å². The van der Waals surface area contributed by atoms with Crippen molar-refractivity contribution in [3.8, 4) is 17.1 Å². The second-order valence-corrected chi connectivity index (χ2v) is 6.32. The monoisotopic (exact) mass is 309 g/mol. The van der Waals surface area contributed by atoms with Crippen LogP contribution in [0, 0.1) is 0 Å². The number of aromatic nitrogens is 3. The first-order valence-corrected chi connectivity index (χ1v) is 7.49.